The molecular formula is C25H51NaO3S. The quantitative estimate of drug-likeness (QED) is 0.109. The summed E-state index contributed by atoms with van der Waals surface area (Å²) >= 11 is 0. The molecule has 0 heterocycles. The molecule has 0 amide bonds. The van der Waals surface area contributed by atoms with Gasteiger partial charge in [-0.05, 0) is 6.42 Å². The van der Waals surface area contributed by atoms with E-state index in [4.69, 9.17) is 0 Å². The largest absolute Gasteiger partial charge is 1.00 e. The molecule has 0 saturated heterocycles. The van der Waals surface area contributed by atoms with Crippen LogP contribution in [0.5, 0.6) is 0 Å². The third-order valence-electron chi connectivity index (χ3n) is 6.00. The van der Waals surface area contributed by atoms with Crippen molar-refractivity contribution in [1.29, 1.82) is 0 Å². The Hall–Kier alpha value is 0.910. The summed E-state index contributed by atoms with van der Waals surface area (Å²) in [6.07, 6.45) is 30.3. The molecule has 176 valence electrons. The van der Waals surface area contributed by atoms with Gasteiger partial charge >= 0.3 is 29.6 Å². The maximum absolute atomic E-state index is 10.5. The van der Waals surface area contributed by atoms with E-state index in [1.165, 1.54) is 128 Å². The Morgan fingerprint density at radius 2 is 0.633 bits per heavy atom. The molecule has 30 heavy (non-hydrogen) atoms. The topological polar surface area (TPSA) is 57.2 Å². The van der Waals surface area contributed by atoms with Crippen LogP contribution in [-0.4, -0.2) is 18.7 Å². The molecule has 0 rings (SSSR count). The van der Waals surface area contributed by atoms with E-state index in [2.05, 4.69) is 6.92 Å². The van der Waals surface area contributed by atoms with Gasteiger partial charge in [0, 0.05) is 5.75 Å². The normalized spacial score (nSPS) is 11.5. The first kappa shape index (κ1) is 33.1. The number of hydrogen-bond acceptors (Lipinski definition) is 3. The fourth-order valence-electron chi connectivity index (χ4n) is 4.06. The Morgan fingerprint density at radius 3 is 0.833 bits per heavy atom. The van der Waals surface area contributed by atoms with E-state index in [0.29, 0.717) is 6.42 Å². The van der Waals surface area contributed by atoms with Crippen LogP contribution in [0.1, 0.15) is 155 Å². The van der Waals surface area contributed by atoms with Crippen molar-refractivity contribution >= 4 is 10.1 Å². The van der Waals surface area contributed by atoms with Gasteiger partial charge < -0.3 is 4.55 Å². The summed E-state index contributed by atoms with van der Waals surface area (Å²) in [6, 6.07) is 0. The van der Waals surface area contributed by atoms with Gasteiger partial charge in [-0.15, -0.1) is 0 Å². The third-order valence-corrected chi connectivity index (χ3v) is 6.79. The maximum atomic E-state index is 10.5. The molecular weight excluding hydrogens is 403 g/mol. The van der Waals surface area contributed by atoms with Crippen LogP contribution in [0.25, 0.3) is 0 Å². The molecule has 0 saturated carbocycles. The fraction of sp³-hybridized carbons (Fsp3) is 1.00. The number of rotatable bonds is 24. The Balaban J connectivity index is 0. The van der Waals surface area contributed by atoms with Gasteiger partial charge in [0.25, 0.3) is 0 Å². The molecule has 0 aliphatic carbocycles. The second-order valence-corrected chi connectivity index (χ2v) is 10.6. The van der Waals surface area contributed by atoms with Crippen LogP contribution < -0.4 is 29.6 Å². The SMILES string of the molecule is CCCCCCCCCCCCCCCCCCCCCCCCCS(=O)(=O)[O-].[Na+]. The van der Waals surface area contributed by atoms with Crippen LogP contribution in [0.3, 0.4) is 0 Å². The van der Waals surface area contributed by atoms with Crippen LogP contribution in [0.2, 0.25) is 0 Å². The summed E-state index contributed by atoms with van der Waals surface area (Å²) < 4.78 is 31.5. The van der Waals surface area contributed by atoms with Crippen LogP contribution in [0.4, 0.5) is 0 Å². The van der Waals surface area contributed by atoms with Gasteiger partial charge in [-0.3, -0.25) is 0 Å². The van der Waals surface area contributed by atoms with Crippen molar-refractivity contribution in [3.8, 4) is 0 Å². The molecule has 0 N–H and O–H groups in total. The molecule has 0 atom stereocenters. The van der Waals surface area contributed by atoms with Gasteiger partial charge in [0.15, 0.2) is 0 Å². The van der Waals surface area contributed by atoms with E-state index in [-0.39, 0.29) is 35.3 Å². The first-order valence-electron chi connectivity index (χ1n) is 13.0. The van der Waals surface area contributed by atoms with Gasteiger partial charge in [0.1, 0.15) is 0 Å². The zero-order valence-corrected chi connectivity index (χ0v) is 23.4. The molecule has 0 bridgehead atoms. The smallest absolute Gasteiger partial charge is 0.748 e. The van der Waals surface area contributed by atoms with Crippen LogP contribution >= 0.6 is 0 Å². The summed E-state index contributed by atoms with van der Waals surface area (Å²) in [5, 5.41) is 0. The summed E-state index contributed by atoms with van der Waals surface area (Å²) in [6.45, 7) is 2.28. The summed E-state index contributed by atoms with van der Waals surface area (Å²) in [5.41, 5.74) is 0. The minimum Gasteiger partial charge on any atom is -0.748 e. The summed E-state index contributed by atoms with van der Waals surface area (Å²) in [5.74, 6) is -0.188. The van der Waals surface area contributed by atoms with Crippen LogP contribution in [0.15, 0.2) is 0 Å². The number of hydrogen-bond donors (Lipinski definition) is 0. The van der Waals surface area contributed by atoms with Gasteiger partial charge in [0.2, 0.25) is 0 Å². The van der Waals surface area contributed by atoms with E-state index in [1.807, 2.05) is 0 Å². The maximum Gasteiger partial charge on any atom is 1.00 e. The Kier molecular flexibility index (Phi) is 28.9. The third kappa shape index (κ3) is 31.1. The molecule has 0 aliphatic rings. The molecule has 0 aromatic heterocycles. The molecule has 0 aliphatic heterocycles. The van der Waals surface area contributed by atoms with E-state index in [9.17, 15) is 13.0 Å². The van der Waals surface area contributed by atoms with Crippen molar-refractivity contribution in [2.45, 2.75) is 155 Å². The predicted octanol–water partition coefficient (Wildman–Crippen LogP) is 5.53. The van der Waals surface area contributed by atoms with E-state index >= 15 is 0 Å². The average Bonchev–Trinajstić information content (AvgIpc) is 2.67. The summed E-state index contributed by atoms with van der Waals surface area (Å²) in [7, 11) is -4.00. The predicted molar refractivity (Wildman–Crippen MR) is 126 cm³/mol. The van der Waals surface area contributed by atoms with Gasteiger partial charge in [0.05, 0.1) is 10.1 Å². The first-order valence-corrected chi connectivity index (χ1v) is 14.6. The molecule has 0 aromatic carbocycles. The Labute approximate surface area is 212 Å². The van der Waals surface area contributed by atoms with Gasteiger partial charge in [-0.2, -0.15) is 0 Å². The summed E-state index contributed by atoms with van der Waals surface area (Å²) in [4.78, 5) is 0. The molecule has 3 nitrogen and oxygen atoms in total. The van der Waals surface area contributed by atoms with Crippen molar-refractivity contribution in [3.05, 3.63) is 0 Å². The van der Waals surface area contributed by atoms with E-state index in [0.717, 1.165) is 12.8 Å². The minimum absolute atomic E-state index is 0. The van der Waals surface area contributed by atoms with Gasteiger partial charge in [-0.1, -0.05) is 148 Å². The fourth-order valence-corrected chi connectivity index (χ4v) is 4.62. The Morgan fingerprint density at radius 1 is 0.433 bits per heavy atom. The number of unbranched alkanes of at least 4 members (excludes halogenated alkanes) is 22. The minimum atomic E-state index is -4.00. The zero-order valence-electron chi connectivity index (χ0n) is 20.6. The second-order valence-electron chi connectivity index (χ2n) is 9.04. The molecule has 0 fully saturated rings. The van der Waals surface area contributed by atoms with Gasteiger partial charge in [-0.25, -0.2) is 8.42 Å². The van der Waals surface area contributed by atoms with E-state index in [1.54, 1.807) is 0 Å². The van der Waals surface area contributed by atoms with Crippen molar-refractivity contribution in [3.63, 3.8) is 0 Å². The van der Waals surface area contributed by atoms with E-state index < -0.39 is 10.1 Å². The van der Waals surface area contributed by atoms with Crippen molar-refractivity contribution in [1.82, 2.24) is 0 Å². The van der Waals surface area contributed by atoms with Crippen LogP contribution in [0, 0.1) is 0 Å². The Bertz CT molecular complexity index is 413. The van der Waals surface area contributed by atoms with Crippen molar-refractivity contribution < 1.29 is 42.5 Å². The van der Waals surface area contributed by atoms with Crippen molar-refractivity contribution in [2.24, 2.45) is 0 Å². The van der Waals surface area contributed by atoms with Crippen molar-refractivity contribution in [2.75, 3.05) is 5.75 Å². The zero-order chi connectivity index (χ0) is 21.5. The monoisotopic (exact) mass is 454 g/mol. The second kappa shape index (κ2) is 26.2. The molecule has 0 spiro atoms. The average molecular weight is 455 g/mol. The standard InChI is InChI=1S/C25H52O3S.Na/c1-2-3-4-5-6-7-8-9-10-11-12-13-14-15-16-17-18-19-20-21-22-23-24-25-29(26,27)28;/h2-25H2,1H3,(H,26,27,28);/q;+1/p-1. The molecule has 5 heteroatoms. The molecule has 0 aromatic rings. The first-order chi connectivity index (χ1) is 14.1. The molecule has 0 unspecified atom stereocenters. The molecule has 0 radical (unpaired) electrons. The van der Waals surface area contributed by atoms with Crippen LogP contribution in [-0.2, 0) is 10.1 Å².